The normalized spacial score (nSPS) is 11.9. The second-order valence-corrected chi connectivity index (χ2v) is 10.8. The first-order chi connectivity index (χ1) is 14.0. The number of anilines is 2. The Bertz CT molecular complexity index is 1260. The van der Waals surface area contributed by atoms with E-state index < -0.39 is 20.0 Å². The van der Waals surface area contributed by atoms with Crippen molar-refractivity contribution in [3.63, 3.8) is 0 Å². The molecule has 0 unspecified atom stereocenters. The highest BCUT2D eigenvalue weighted by atomic mass is 35.5. The molecular weight excluding hydrogens is 444 g/mol. The quantitative estimate of drug-likeness (QED) is 0.544. The second-order valence-electron chi connectivity index (χ2n) is 6.96. The molecule has 0 fully saturated rings. The molecule has 0 aliphatic heterocycles. The highest BCUT2D eigenvalue weighted by Crippen LogP contribution is 2.26. The summed E-state index contributed by atoms with van der Waals surface area (Å²) in [5.74, 6) is 0. The number of rotatable bonds is 6. The lowest BCUT2D eigenvalue weighted by Crippen LogP contribution is -2.15. The van der Waals surface area contributed by atoms with E-state index in [1.54, 1.807) is 0 Å². The molecule has 0 amide bonds. The molecule has 0 saturated heterocycles. The maximum atomic E-state index is 12.8. The molecule has 0 bridgehead atoms. The van der Waals surface area contributed by atoms with Gasteiger partial charge in [-0.25, -0.2) is 16.8 Å². The van der Waals surface area contributed by atoms with E-state index in [1.165, 1.54) is 48.5 Å². The third-order valence-corrected chi connectivity index (χ3v) is 7.47. The number of halogens is 1. The molecule has 2 N–H and O–H groups in total. The summed E-state index contributed by atoms with van der Waals surface area (Å²) in [5, 5.41) is 0.426. The van der Waals surface area contributed by atoms with Gasteiger partial charge in [-0.15, -0.1) is 0 Å². The van der Waals surface area contributed by atoms with Gasteiger partial charge in [-0.05, 0) is 80.4 Å². The highest BCUT2D eigenvalue weighted by Gasteiger charge is 2.18. The maximum absolute atomic E-state index is 12.8. The Morgan fingerprint density at radius 2 is 1.10 bits per heavy atom. The van der Waals surface area contributed by atoms with Gasteiger partial charge in [0.2, 0.25) is 0 Å². The Labute approximate surface area is 182 Å². The first-order valence-electron chi connectivity index (χ1n) is 8.97. The average Bonchev–Trinajstić information content (AvgIpc) is 2.65. The minimum Gasteiger partial charge on any atom is -0.280 e. The minimum absolute atomic E-state index is 0.0244. The Balaban J connectivity index is 1.82. The summed E-state index contributed by atoms with van der Waals surface area (Å²) in [6.07, 6.45) is 0. The molecule has 0 aliphatic rings. The van der Waals surface area contributed by atoms with Gasteiger partial charge in [-0.3, -0.25) is 9.44 Å². The van der Waals surface area contributed by atoms with Gasteiger partial charge >= 0.3 is 0 Å². The van der Waals surface area contributed by atoms with Crippen LogP contribution in [0.3, 0.4) is 0 Å². The van der Waals surface area contributed by atoms with Crippen molar-refractivity contribution in [2.45, 2.75) is 30.6 Å². The molecule has 3 aromatic rings. The van der Waals surface area contributed by atoms with Crippen LogP contribution in [0.2, 0.25) is 5.02 Å². The third kappa shape index (κ3) is 4.95. The van der Waals surface area contributed by atoms with Gasteiger partial charge < -0.3 is 0 Å². The lowest BCUT2D eigenvalue weighted by molar-refractivity contribution is 0.600. The zero-order valence-electron chi connectivity index (χ0n) is 16.6. The summed E-state index contributed by atoms with van der Waals surface area (Å²) < 4.78 is 55.5. The van der Waals surface area contributed by atoms with E-state index in [0.29, 0.717) is 10.7 Å². The van der Waals surface area contributed by atoms with E-state index in [-0.39, 0.29) is 15.5 Å². The summed E-state index contributed by atoms with van der Waals surface area (Å²) in [4.78, 5) is 0.0758. The van der Waals surface area contributed by atoms with Crippen LogP contribution in [0, 0.1) is 20.8 Å². The van der Waals surface area contributed by atoms with Crippen molar-refractivity contribution < 1.29 is 16.8 Å². The summed E-state index contributed by atoms with van der Waals surface area (Å²) in [6.45, 7) is 5.63. The number of nitrogens with one attached hydrogen (secondary N) is 2. The fourth-order valence-electron chi connectivity index (χ4n) is 3.06. The predicted octanol–water partition coefficient (Wildman–Crippen LogP) is 4.87. The summed E-state index contributed by atoms with van der Waals surface area (Å²) in [5.41, 5.74) is 3.47. The van der Waals surface area contributed by atoms with E-state index in [0.717, 1.165) is 16.7 Å². The smallest absolute Gasteiger partial charge is 0.261 e. The first kappa shape index (κ1) is 22.1. The zero-order chi connectivity index (χ0) is 22.1. The van der Waals surface area contributed by atoms with Gasteiger partial charge in [0.1, 0.15) is 0 Å². The maximum Gasteiger partial charge on any atom is 0.261 e. The zero-order valence-corrected chi connectivity index (χ0v) is 19.0. The molecule has 6 nitrogen and oxygen atoms in total. The van der Waals surface area contributed by atoms with Gasteiger partial charge in [0.05, 0.1) is 15.5 Å². The molecule has 0 spiro atoms. The van der Waals surface area contributed by atoms with Crippen molar-refractivity contribution in [1.29, 1.82) is 0 Å². The van der Waals surface area contributed by atoms with Crippen LogP contribution in [0.5, 0.6) is 0 Å². The number of hydrogen-bond acceptors (Lipinski definition) is 4. The first-order valence-corrected chi connectivity index (χ1v) is 12.3. The lowest BCUT2D eigenvalue weighted by atomic mass is 10.1. The topological polar surface area (TPSA) is 92.3 Å². The molecule has 158 valence electrons. The highest BCUT2D eigenvalue weighted by molar-refractivity contribution is 7.93. The average molecular weight is 465 g/mol. The molecule has 3 rings (SSSR count). The van der Waals surface area contributed by atoms with Gasteiger partial charge in [0.25, 0.3) is 20.0 Å². The van der Waals surface area contributed by atoms with Crippen LogP contribution in [-0.4, -0.2) is 16.8 Å². The van der Waals surface area contributed by atoms with Crippen LogP contribution in [0.4, 0.5) is 11.4 Å². The molecule has 30 heavy (non-hydrogen) atoms. The third-order valence-electron chi connectivity index (χ3n) is 4.45. The molecule has 0 radical (unpaired) electrons. The molecule has 0 atom stereocenters. The van der Waals surface area contributed by atoms with Crippen LogP contribution in [0.25, 0.3) is 0 Å². The molecule has 9 heteroatoms. The van der Waals surface area contributed by atoms with Gasteiger partial charge in [-0.1, -0.05) is 29.3 Å². The Hall–Kier alpha value is -2.55. The summed E-state index contributed by atoms with van der Waals surface area (Å²) in [6, 6.07) is 15.0. The van der Waals surface area contributed by atoms with E-state index in [1.807, 2.05) is 32.9 Å². The van der Waals surface area contributed by atoms with Crippen molar-refractivity contribution >= 4 is 43.0 Å². The summed E-state index contributed by atoms with van der Waals surface area (Å²) in [7, 11) is -7.65. The van der Waals surface area contributed by atoms with Crippen molar-refractivity contribution in [3.05, 3.63) is 82.4 Å². The van der Waals surface area contributed by atoms with Gasteiger partial charge in [0, 0.05) is 10.7 Å². The van der Waals surface area contributed by atoms with Crippen LogP contribution in [0.15, 0.2) is 70.5 Å². The molecule has 0 heterocycles. The molecule has 0 saturated carbocycles. The molecule has 0 aromatic heterocycles. The van der Waals surface area contributed by atoms with E-state index >= 15 is 0 Å². The van der Waals surface area contributed by atoms with Crippen molar-refractivity contribution in [2.24, 2.45) is 0 Å². The number of sulfonamides is 2. The minimum atomic E-state index is -3.83. The fraction of sp³-hybridized carbons (Fsp3) is 0.143. The van der Waals surface area contributed by atoms with E-state index in [2.05, 4.69) is 9.44 Å². The number of benzene rings is 3. The van der Waals surface area contributed by atoms with E-state index in [9.17, 15) is 16.8 Å². The second kappa shape index (κ2) is 8.29. The lowest BCUT2D eigenvalue weighted by Gasteiger charge is -2.15. The predicted molar refractivity (Wildman–Crippen MR) is 120 cm³/mol. The van der Waals surface area contributed by atoms with Crippen LogP contribution >= 0.6 is 11.6 Å². The molecular formula is C21H21ClN2O4S2. The van der Waals surface area contributed by atoms with Gasteiger partial charge in [0.15, 0.2) is 0 Å². The SMILES string of the molecule is Cc1cc(C)c(NS(=O)(=O)c2ccc(NS(=O)(=O)c3ccc(Cl)cc3)cc2)c(C)c1. The number of aryl methyl sites for hydroxylation is 3. The number of hydrogen-bond donors (Lipinski definition) is 2. The Morgan fingerprint density at radius 1 is 0.667 bits per heavy atom. The summed E-state index contributed by atoms with van der Waals surface area (Å²) >= 11 is 5.79. The Kier molecular flexibility index (Phi) is 6.12. The Morgan fingerprint density at radius 3 is 1.60 bits per heavy atom. The molecule has 3 aromatic carbocycles. The van der Waals surface area contributed by atoms with Crippen LogP contribution in [-0.2, 0) is 20.0 Å². The van der Waals surface area contributed by atoms with Crippen LogP contribution < -0.4 is 9.44 Å². The van der Waals surface area contributed by atoms with Crippen molar-refractivity contribution in [3.8, 4) is 0 Å². The monoisotopic (exact) mass is 464 g/mol. The van der Waals surface area contributed by atoms with Crippen molar-refractivity contribution in [1.82, 2.24) is 0 Å². The largest absolute Gasteiger partial charge is 0.280 e. The van der Waals surface area contributed by atoms with Gasteiger partial charge in [-0.2, -0.15) is 0 Å². The van der Waals surface area contributed by atoms with Crippen LogP contribution in [0.1, 0.15) is 16.7 Å². The molecule has 0 aliphatic carbocycles. The van der Waals surface area contributed by atoms with Crippen molar-refractivity contribution in [2.75, 3.05) is 9.44 Å². The fourth-order valence-corrected chi connectivity index (χ4v) is 5.45. The standard InChI is InChI=1S/C21H21ClN2O4S2/c1-14-12-15(2)21(16(3)13-14)24-30(27,28)20-10-6-18(7-11-20)23-29(25,26)19-8-4-17(22)5-9-19/h4-13,23-24H,1-3H3. The van der Waals surface area contributed by atoms with E-state index in [4.69, 9.17) is 11.6 Å².